The molecule has 5 N–H and O–H groups in total. The highest BCUT2D eigenvalue weighted by atomic mass is 16.1. The summed E-state index contributed by atoms with van der Waals surface area (Å²) in [6.07, 6.45) is 6.03. The molecule has 2 rings (SSSR count). The van der Waals surface area contributed by atoms with E-state index in [0.29, 0.717) is 11.3 Å². The molecule has 0 radical (unpaired) electrons. The van der Waals surface area contributed by atoms with Crippen LogP contribution in [0.4, 0.5) is 11.4 Å². The number of hydrogen-bond acceptors (Lipinski definition) is 3. The lowest BCUT2D eigenvalue weighted by atomic mass is 9.83. The van der Waals surface area contributed by atoms with Crippen LogP contribution in [0, 0.1) is 0 Å². The first-order chi connectivity index (χ1) is 8.52. The van der Waals surface area contributed by atoms with Crippen LogP contribution in [0.1, 0.15) is 49.4 Å². The molecular formula is C14H21N3O. The van der Waals surface area contributed by atoms with Crippen LogP contribution in [0.5, 0.6) is 0 Å². The molecule has 4 heteroatoms. The molecule has 0 heterocycles. The van der Waals surface area contributed by atoms with Crippen molar-refractivity contribution in [1.82, 2.24) is 0 Å². The molecule has 0 aliphatic heterocycles. The molecule has 1 saturated carbocycles. The number of nitrogens with one attached hydrogen (secondary N) is 1. The lowest BCUT2D eigenvalue weighted by Gasteiger charge is -2.36. The summed E-state index contributed by atoms with van der Waals surface area (Å²) < 4.78 is 0. The van der Waals surface area contributed by atoms with Gasteiger partial charge in [0, 0.05) is 5.54 Å². The van der Waals surface area contributed by atoms with Crippen molar-refractivity contribution < 1.29 is 4.79 Å². The summed E-state index contributed by atoms with van der Waals surface area (Å²) >= 11 is 0. The van der Waals surface area contributed by atoms with Gasteiger partial charge in [0.1, 0.15) is 0 Å². The van der Waals surface area contributed by atoms with E-state index in [1.165, 1.54) is 19.3 Å². The molecule has 1 aromatic carbocycles. The second-order valence-corrected chi connectivity index (χ2v) is 5.38. The molecule has 0 atom stereocenters. The summed E-state index contributed by atoms with van der Waals surface area (Å²) in [6, 6.07) is 5.37. The van der Waals surface area contributed by atoms with Crippen molar-refractivity contribution in [3.8, 4) is 0 Å². The number of hydrogen-bond donors (Lipinski definition) is 3. The monoisotopic (exact) mass is 247 g/mol. The van der Waals surface area contributed by atoms with E-state index in [-0.39, 0.29) is 5.54 Å². The second kappa shape index (κ2) is 4.88. The highest BCUT2D eigenvalue weighted by molar-refractivity contribution is 6.00. The minimum atomic E-state index is -0.482. The van der Waals surface area contributed by atoms with E-state index < -0.39 is 5.91 Å². The summed E-state index contributed by atoms with van der Waals surface area (Å²) in [5.41, 5.74) is 13.0. The van der Waals surface area contributed by atoms with Crippen molar-refractivity contribution in [3.63, 3.8) is 0 Å². The summed E-state index contributed by atoms with van der Waals surface area (Å²) in [5, 5.41) is 3.49. The van der Waals surface area contributed by atoms with Crippen LogP contribution in [-0.2, 0) is 0 Å². The molecule has 1 fully saturated rings. The summed E-state index contributed by atoms with van der Waals surface area (Å²) in [5.74, 6) is -0.482. The van der Waals surface area contributed by atoms with Crippen LogP contribution in [0.25, 0.3) is 0 Å². The Bertz CT molecular complexity index is 450. The Labute approximate surface area is 108 Å². The maximum absolute atomic E-state index is 11.3. The maximum atomic E-state index is 11.3. The van der Waals surface area contributed by atoms with Gasteiger partial charge in [-0.1, -0.05) is 25.3 Å². The highest BCUT2D eigenvalue weighted by Crippen LogP contribution is 2.33. The molecule has 18 heavy (non-hydrogen) atoms. The van der Waals surface area contributed by atoms with E-state index >= 15 is 0 Å². The lowest BCUT2D eigenvalue weighted by molar-refractivity contribution is 0.100. The Kier molecular flexibility index (Phi) is 3.45. The smallest absolute Gasteiger partial charge is 0.250 e. The molecule has 0 saturated heterocycles. The van der Waals surface area contributed by atoms with Gasteiger partial charge in [-0.2, -0.15) is 0 Å². The average Bonchev–Trinajstić information content (AvgIpc) is 2.32. The number of rotatable bonds is 3. The number of carbonyl (C=O) groups excluding carboxylic acids is 1. The number of benzene rings is 1. The number of nitrogens with two attached hydrogens (primary N) is 2. The van der Waals surface area contributed by atoms with Gasteiger partial charge in [-0.15, -0.1) is 0 Å². The maximum Gasteiger partial charge on any atom is 0.250 e. The van der Waals surface area contributed by atoms with Crippen LogP contribution in [0.2, 0.25) is 0 Å². The third-order valence-corrected chi connectivity index (χ3v) is 3.77. The van der Waals surface area contributed by atoms with E-state index in [0.717, 1.165) is 18.5 Å². The fraction of sp³-hybridized carbons (Fsp3) is 0.500. The van der Waals surface area contributed by atoms with Crippen LogP contribution < -0.4 is 16.8 Å². The van der Waals surface area contributed by atoms with Crippen molar-refractivity contribution in [2.24, 2.45) is 5.73 Å². The Hall–Kier alpha value is -1.71. The zero-order valence-electron chi connectivity index (χ0n) is 10.8. The zero-order valence-corrected chi connectivity index (χ0v) is 10.8. The number of carbonyl (C=O) groups is 1. The Balaban J connectivity index is 2.23. The van der Waals surface area contributed by atoms with Gasteiger partial charge < -0.3 is 16.8 Å². The average molecular weight is 247 g/mol. The molecule has 1 aromatic rings. The molecule has 0 spiro atoms. The zero-order chi connectivity index (χ0) is 13.2. The number of primary amides is 1. The molecular weight excluding hydrogens is 226 g/mol. The predicted molar refractivity (Wildman–Crippen MR) is 74.5 cm³/mol. The van der Waals surface area contributed by atoms with E-state index in [1.807, 2.05) is 12.1 Å². The first kappa shape index (κ1) is 12.7. The second-order valence-electron chi connectivity index (χ2n) is 5.38. The topological polar surface area (TPSA) is 81.1 Å². The van der Waals surface area contributed by atoms with Gasteiger partial charge >= 0.3 is 0 Å². The Morgan fingerprint density at radius 1 is 1.28 bits per heavy atom. The van der Waals surface area contributed by atoms with Crippen LogP contribution >= 0.6 is 0 Å². The van der Waals surface area contributed by atoms with Crippen LogP contribution in [-0.4, -0.2) is 11.4 Å². The Morgan fingerprint density at radius 3 is 2.56 bits per heavy atom. The highest BCUT2D eigenvalue weighted by Gasteiger charge is 2.27. The summed E-state index contributed by atoms with van der Waals surface area (Å²) in [7, 11) is 0. The minimum absolute atomic E-state index is 0.0721. The number of anilines is 2. The van der Waals surface area contributed by atoms with Crippen LogP contribution in [0.3, 0.4) is 0 Å². The fourth-order valence-electron chi connectivity index (χ4n) is 2.67. The summed E-state index contributed by atoms with van der Waals surface area (Å²) in [6.45, 7) is 2.21. The van der Waals surface area contributed by atoms with Gasteiger partial charge in [-0.05, 0) is 31.9 Å². The molecule has 0 bridgehead atoms. The third-order valence-electron chi connectivity index (χ3n) is 3.77. The molecule has 1 aliphatic carbocycles. The molecule has 1 aliphatic rings. The van der Waals surface area contributed by atoms with E-state index in [4.69, 9.17) is 11.5 Å². The van der Waals surface area contributed by atoms with Crippen LogP contribution in [0.15, 0.2) is 18.2 Å². The minimum Gasteiger partial charge on any atom is -0.396 e. The molecule has 98 valence electrons. The van der Waals surface area contributed by atoms with Crippen molar-refractivity contribution in [1.29, 1.82) is 0 Å². The first-order valence-electron chi connectivity index (χ1n) is 6.48. The van der Waals surface area contributed by atoms with Gasteiger partial charge in [0.15, 0.2) is 0 Å². The third kappa shape index (κ3) is 2.58. The first-order valence-corrected chi connectivity index (χ1v) is 6.48. The van der Waals surface area contributed by atoms with Gasteiger partial charge in [-0.25, -0.2) is 0 Å². The standard InChI is InChI=1S/C14H21N3O/c1-14(8-3-2-4-9-14)17-11-7-5-6-10(12(11)15)13(16)18/h5-7,17H,2-4,8-9,15H2,1H3,(H2,16,18). The van der Waals surface area contributed by atoms with Gasteiger partial charge in [0.2, 0.25) is 0 Å². The van der Waals surface area contributed by atoms with E-state index in [9.17, 15) is 4.79 Å². The lowest BCUT2D eigenvalue weighted by Crippen LogP contribution is -2.37. The number of nitrogen functional groups attached to an aromatic ring is 1. The van der Waals surface area contributed by atoms with Gasteiger partial charge in [-0.3, -0.25) is 4.79 Å². The van der Waals surface area contributed by atoms with Gasteiger partial charge in [0.05, 0.1) is 16.9 Å². The normalized spacial score (nSPS) is 18.3. The largest absolute Gasteiger partial charge is 0.396 e. The predicted octanol–water partition coefficient (Wildman–Crippen LogP) is 2.50. The SMILES string of the molecule is CC1(Nc2cccc(C(N)=O)c2N)CCCCC1. The molecule has 0 aromatic heterocycles. The number of para-hydroxylation sites is 1. The summed E-state index contributed by atoms with van der Waals surface area (Å²) in [4.78, 5) is 11.3. The molecule has 1 amide bonds. The quantitative estimate of drug-likeness (QED) is 0.718. The van der Waals surface area contributed by atoms with Crippen molar-refractivity contribution in [3.05, 3.63) is 23.8 Å². The number of amides is 1. The molecule has 0 unspecified atom stereocenters. The van der Waals surface area contributed by atoms with Crippen molar-refractivity contribution in [2.75, 3.05) is 11.1 Å². The molecule has 4 nitrogen and oxygen atoms in total. The van der Waals surface area contributed by atoms with E-state index in [1.54, 1.807) is 6.07 Å². The van der Waals surface area contributed by atoms with E-state index in [2.05, 4.69) is 12.2 Å². The van der Waals surface area contributed by atoms with Crippen molar-refractivity contribution in [2.45, 2.75) is 44.6 Å². The Morgan fingerprint density at radius 2 is 1.94 bits per heavy atom. The van der Waals surface area contributed by atoms with Crippen molar-refractivity contribution >= 4 is 17.3 Å². The van der Waals surface area contributed by atoms with Gasteiger partial charge in [0.25, 0.3) is 5.91 Å². The fourth-order valence-corrected chi connectivity index (χ4v) is 2.67.